The predicted octanol–water partition coefficient (Wildman–Crippen LogP) is 2.70. The van der Waals surface area contributed by atoms with E-state index >= 15 is 0 Å². The lowest BCUT2D eigenvalue weighted by atomic mass is 10.1. The fraction of sp³-hybridized carbons (Fsp3) is 0.235. The number of nitriles is 1. The van der Waals surface area contributed by atoms with Crippen molar-refractivity contribution in [2.75, 3.05) is 36.0 Å². The number of para-hydroxylation sites is 2. The van der Waals surface area contributed by atoms with Crippen LogP contribution in [0.2, 0.25) is 0 Å². The minimum atomic E-state index is -0.467. The summed E-state index contributed by atoms with van der Waals surface area (Å²) in [5.41, 5.74) is 1.28. The van der Waals surface area contributed by atoms with Crippen LogP contribution in [0.15, 0.2) is 42.5 Å². The Balaban J connectivity index is 1.83. The molecule has 1 fully saturated rings. The maximum absolute atomic E-state index is 11.3. The molecule has 0 spiro atoms. The van der Waals surface area contributed by atoms with E-state index in [2.05, 4.69) is 0 Å². The molecule has 1 saturated heterocycles. The molecule has 1 aliphatic rings. The first-order valence-electron chi connectivity index (χ1n) is 7.93. The predicted molar refractivity (Wildman–Crippen MR) is 95.3 cm³/mol. The highest BCUT2D eigenvalue weighted by atomic mass is 16.6. The lowest BCUT2D eigenvalue weighted by Gasteiger charge is -2.36. The molecule has 9 nitrogen and oxygen atoms in total. The number of nitro benzene ring substituents is 2. The van der Waals surface area contributed by atoms with Crippen molar-refractivity contribution >= 4 is 22.7 Å². The molecule has 0 unspecified atom stereocenters. The van der Waals surface area contributed by atoms with Gasteiger partial charge in [0.05, 0.1) is 21.5 Å². The van der Waals surface area contributed by atoms with Gasteiger partial charge in [-0.1, -0.05) is 12.1 Å². The minimum absolute atomic E-state index is 0.0402. The highest BCUT2D eigenvalue weighted by Gasteiger charge is 2.27. The molecule has 0 bridgehead atoms. The Morgan fingerprint density at radius 3 is 1.96 bits per heavy atom. The van der Waals surface area contributed by atoms with Crippen molar-refractivity contribution < 1.29 is 9.85 Å². The molecule has 0 radical (unpaired) electrons. The molecule has 1 heterocycles. The first-order chi connectivity index (χ1) is 12.5. The van der Waals surface area contributed by atoms with Crippen molar-refractivity contribution in [2.45, 2.75) is 0 Å². The molecule has 2 aromatic carbocycles. The van der Waals surface area contributed by atoms with E-state index in [-0.39, 0.29) is 11.4 Å². The molecular formula is C17H15N5O4. The maximum atomic E-state index is 11.3. The van der Waals surface area contributed by atoms with Crippen LogP contribution in [0, 0.1) is 31.6 Å². The van der Waals surface area contributed by atoms with Crippen LogP contribution in [-0.2, 0) is 0 Å². The van der Waals surface area contributed by atoms with Gasteiger partial charge in [0.2, 0.25) is 0 Å². The largest absolute Gasteiger partial charge is 0.362 e. The van der Waals surface area contributed by atoms with E-state index in [0.717, 1.165) is 0 Å². The van der Waals surface area contributed by atoms with Crippen molar-refractivity contribution in [3.63, 3.8) is 0 Å². The monoisotopic (exact) mass is 353 g/mol. The van der Waals surface area contributed by atoms with E-state index in [1.54, 1.807) is 18.2 Å². The summed E-state index contributed by atoms with van der Waals surface area (Å²) in [7, 11) is 0. The number of piperazine rings is 1. The van der Waals surface area contributed by atoms with E-state index in [4.69, 9.17) is 5.26 Å². The second-order valence-corrected chi connectivity index (χ2v) is 5.79. The van der Waals surface area contributed by atoms with Crippen LogP contribution in [-0.4, -0.2) is 36.0 Å². The summed E-state index contributed by atoms with van der Waals surface area (Å²) in [6, 6.07) is 12.8. The third kappa shape index (κ3) is 3.25. The van der Waals surface area contributed by atoms with Crippen LogP contribution in [0.5, 0.6) is 0 Å². The SMILES string of the molecule is N#Cc1ccc([N+](=O)[O-])c(N2CCN(c3ccccc3[N+](=O)[O-])CC2)c1. The molecule has 1 aliphatic heterocycles. The normalized spacial score (nSPS) is 14.0. The Morgan fingerprint density at radius 2 is 1.38 bits per heavy atom. The van der Waals surface area contributed by atoms with Gasteiger partial charge in [0.15, 0.2) is 0 Å². The molecule has 9 heteroatoms. The zero-order valence-corrected chi connectivity index (χ0v) is 13.7. The van der Waals surface area contributed by atoms with Gasteiger partial charge >= 0.3 is 0 Å². The third-order valence-corrected chi connectivity index (χ3v) is 4.34. The van der Waals surface area contributed by atoms with Gasteiger partial charge in [-0.3, -0.25) is 20.2 Å². The van der Waals surface area contributed by atoms with Gasteiger partial charge in [0.1, 0.15) is 11.4 Å². The molecule has 0 N–H and O–H groups in total. The fourth-order valence-corrected chi connectivity index (χ4v) is 3.07. The van der Waals surface area contributed by atoms with Crippen LogP contribution in [0.3, 0.4) is 0 Å². The first kappa shape index (κ1) is 17.2. The lowest BCUT2D eigenvalue weighted by molar-refractivity contribution is -0.384. The van der Waals surface area contributed by atoms with Crippen LogP contribution < -0.4 is 9.80 Å². The molecule has 132 valence electrons. The second kappa shape index (κ2) is 7.06. The number of rotatable bonds is 4. The molecule has 3 rings (SSSR count). The summed E-state index contributed by atoms with van der Waals surface area (Å²) in [6.07, 6.45) is 0. The Kier molecular flexibility index (Phi) is 4.66. The van der Waals surface area contributed by atoms with Crippen molar-refractivity contribution in [3.05, 3.63) is 68.3 Å². The zero-order chi connectivity index (χ0) is 18.7. The van der Waals surface area contributed by atoms with E-state index in [1.165, 1.54) is 24.3 Å². The molecule has 2 aromatic rings. The summed E-state index contributed by atoms with van der Waals surface area (Å²) in [4.78, 5) is 25.3. The molecule has 0 aliphatic carbocycles. The third-order valence-electron chi connectivity index (χ3n) is 4.34. The Labute approximate surface area is 149 Å². The number of hydrogen-bond donors (Lipinski definition) is 0. The topological polar surface area (TPSA) is 117 Å². The van der Waals surface area contributed by atoms with Gasteiger partial charge < -0.3 is 9.80 Å². The molecule has 0 aromatic heterocycles. The van der Waals surface area contributed by atoms with E-state index < -0.39 is 9.85 Å². The molecule has 0 atom stereocenters. The smallest absolute Gasteiger partial charge is 0.292 e. The molecule has 0 amide bonds. The number of nitro groups is 2. The lowest BCUT2D eigenvalue weighted by Crippen LogP contribution is -2.46. The summed E-state index contributed by atoms with van der Waals surface area (Å²) in [6.45, 7) is 1.89. The number of benzene rings is 2. The van der Waals surface area contributed by atoms with Gasteiger partial charge in [-0.2, -0.15) is 5.26 Å². The van der Waals surface area contributed by atoms with Crippen LogP contribution in [0.4, 0.5) is 22.7 Å². The highest BCUT2D eigenvalue weighted by Crippen LogP contribution is 2.32. The highest BCUT2D eigenvalue weighted by molar-refractivity contribution is 5.68. The Morgan fingerprint density at radius 1 is 0.846 bits per heavy atom. The minimum Gasteiger partial charge on any atom is -0.362 e. The van der Waals surface area contributed by atoms with Crippen LogP contribution in [0.25, 0.3) is 0 Å². The van der Waals surface area contributed by atoms with Gasteiger partial charge in [0.25, 0.3) is 11.4 Å². The van der Waals surface area contributed by atoms with Gasteiger partial charge in [-0.25, -0.2) is 0 Å². The summed E-state index contributed by atoms with van der Waals surface area (Å²) < 4.78 is 0. The first-order valence-corrected chi connectivity index (χ1v) is 7.93. The van der Waals surface area contributed by atoms with Crippen molar-refractivity contribution in [3.8, 4) is 6.07 Å². The van der Waals surface area contributed by atoms with Crippen LogP contribution >= 0.6 is 0 Å². The average Bonchev–Trinajstić information content (AvgIpc) is 2.67. The van der Waals surface area contributed by atoms with Crippen molar-refractivity contribution in [2.24, 2.45) is 0 Å². The Hall–Kier alpha value is -3.67. The van der Waals surface area contributed by atoms with E-state index in [1.807, 2.05) is 15.9 Å². The number of hydrogen-bond acceptors (Lipinski definition) is 7. The van der Waals surface area contributed by atoms with Gasteiger partial charge in [-0.05, 0) is 18.2 Å². The fourth-order valence-electron chi connectivity index (χ4n) is 3.07. The summed E-state index contributed by atoms with van der Waals surface area (Å²) in [5, 5.41) is 31.5. The standard InChI is InChI=1S/C17H15N5O4/c18-12-13-5-6-16(22(25)26)17(11-13)20-9-7-19(8-10-20)14-3-1-2-4-15(14)21(23)24/h1-6,11H,7-10H2. The van der Waals surface area contributed by atoms with Crippen LogP contribution in [0.1, 0.15) is 5.56 Å². The van der Waals surface area contributed by atoms with Crippen molar-refractivity contribution in [1.29, 1.82) is 5.26 Å². The second-order valence-electron chi connectivity index (χ2n) is 5.79. The molecular weight excluding hydrogens is 338 g/mol. The molecule has 0 saturated carbocycles. The molecule has 26 heavy (non-hydrogen) atoms. The quantitative estimate of drug-likeness (QED) is 0.612. The van der Waals surface area contributed by atoms with Gasteiger partial charge in [-0.15, -0.1) is 0 Å². The number of anilines is 2. The average molecular weight is 353 g/mol. The summed E-state index contributed by atoms with van der Waals surface area (Å²) in [5.74, 6) is 0. The zero-order valence-electron chi connectivity index (χ0n) is 13.7. The van der Waals surface area contributed by atoms with Crippen molar-refractivity contribution in [1.82, 2.24) is 0 Å². The summed E-state index contributed by atoms with van der Waals surface area (Å²) >= 11 is 0. The number of nitrogens with zero attached hydrogens (tertiary/aromatic N) is 5. The Bertz CT molecular complexity index is 900. The van der Waals surface area contributed by atoms with E-state index in [0.29, 0.717) is 43.1 Å². The van der Waals surface area contributed by atoms with E-state index in [9.17, 15) is 20.2 Å². The van der Waals surface area contributed by atoms with Gasteiger partial charge in [0, 0.05) is 38.3 Å². The maximum Gasteiger partial charge on any atom is 0.292 e.